The van der Waals surface area contributed by atoms with E-state index >= 15 is 0 Å². The Hall–Kier alpha value is -1.85. The summed E-state index contributed by atoms with van der Waals surface area (Å²) >= 11 is 0. The molecule has 3 rings (SSSR count). The van der Waals surface area contributed by atoms with Crippen LogP contribution in [0.5, 0.6) is 0 Å². The summed E-state index contributed by atoms with van der Waals surface area (Å²) in [6.45, 7) is 2.99. The largest absolute Gasteiger partial charge is 0.352 e. The van der Waals surface area contributed by atoms with E-state index < -0.39 is 0 Å². The molecule has 1 aromatic rings. The first-order chi connectivity index (χ1) is 10.0. The summed E-state index contributed by atoms with van der Waals surface area (Å²) in [6, 6.07) is 0.107. The molecule has 3 atom stereocenters. The Bertz CT molecular complexity index is 554. The predicted molar refractivity (Wildman–Crippen MR) is 77.5 cm³/mol. The number of aromatic nitrogens is 2. The Morgan fingerprint density at radius 1 is 1.43 bits per heavy atom. The van der Waals surface area contributed by atoms with Crippen molar-refractivity contribution in [2.24, 2.45) is 13.0 Å². The van der Waals surface area contributed by atoms with Crippen LogP contribution in [-0.2, 0) is 16.6 Å². The molecule has 0 aromatic carbocycles. The Morgan fingerprint density at radius 2 is 2.24 bits per heavy atom. The summed E-state index contributed by atoms with van der Waals surface area (Å²) in [7, 11) is 1.89. The molecule has 1 aliphatic carbocycles. The van der Waals surface area contributed by atoms with Crippen LogP contribution in [0.15, 0.2) is 12.4 Å². The minimum Gasteiger partial charge on any atom is -0.352 e. The van der Waals surface area contributed by atoms with Crippen molar-refractivity contribution in [1.82, 2.24) is 20.0 Å². The van der Waals surface area contributed by atoms with Gasteiger partial charge in [0.05, 0.1) is 6.20 Å². The number of nitrogens with zero attached hydrogens (tertiary/aromatic N) is 3. The minimum atomic E-state index is -0.0195. The zero-order valence-corrected chi connectivity index (χ0v) is 12.6. The molecular formula is C15H22N4O2. The normalized spacial score (nSPS) is 28.3. The Morgan fingerprint density at radius 3 is 2.90 bits per heavy atom. The Balaban J connectivity index is 1.57. The van der Waals surface area contributed by atoms with Gasteiger partial charge in [0.2, 0.25) is 11.8 Å². The molecule has 6 heteroatoms. The SMILES string of the molecule is CC(=O)NC1CCCN(C(=O)C2CC2c2cnn(C)c2)C1. The maximum atomic E-state index is 12.6. The van der Waals surface area contributed by atoms with Gasteiger partial charge in [-0.3, -0.25) is 14.3 Å². The molecule has 1 saturated carbocycles. The first-order valence-electron chi connectivity index (χ1n) is 7.59. The quantitative estimate of drug-likeness (QED) is 0.889. The average Bonchev–Trinajstić information content (AvgIpc) is 3.12. The average molecular weight is 290 g/mol. The lowest BCUT2D eigenvalue weighted by molar-refractivity contribution is -0.134. The van der Waals surface area contributed by atoms with Gasteiger partial charge in [0, 0.05) is 45.2 Å². The smallest absolute Gasteiger partial charge is 0.226 e. The molecule has 1 aliphatic heterocycles. The van der Waals surface area contributed by atoms with Crippen LogP contribution in [-0.4, -0.2) is 45.6 Å². The summed E-state index contributed by atoms with van der Waals surface area (Å²) < 4.78 is 1.78. The van der Waals surface area contributed by atoms with Gasteiger partial charge in [-0.2, -0.15) is 5.10 Å². The maximum Gasteiger partial charge on any atom is 0.226 e. The van der Waals surface area contributed by atoms with E-state index in [-0.39, 0.29) is 23.8 Å². The highest BCUT2D eigenvalue weighted by atomic mass is 16.2. The maximum absolute atomic E-state index is 12.6. The van der Waals surface area contributed by atoms with Crippen molar-refractivity contribution in [2.75, 3.05) is 13.1 Å². The van der Waals surface area contributed by atoms with E-state index in [1.54, 1.807) is 4.68 Å². The highest BCUT2D eigenvalue weighted by molar-refractivity contribution is 5.83. The number of hydrogen-bond donors (Lipinski definition) is 1. The number of hydrogen-bond acceptors (Lipinski definition) is 3. The third kappa shape index (κ3) is 3.09. The topological polar surface area (TPSA) is 67.2 Å². The van der Waals surface area contributed by atoms with Gasteiger partial charge in [0.1, 0.15) is 0 Å². The van der Waals surface area contributed by atoms with E-state index in [2.05, 4.69) is 10.4 Å². The van der Waals surface area contributed by atoms with Gasteiger partial charge in [0.15, 0.2) is 0 Å². The highest BCUT2D eigenvalue weighted by Crippen LogP contribution is 2.48. The molecule has 3 unspecified atom stereocenters. The molecule has 114 valence electrons. The van der Waals surface area contributed by atoms with Crippen molar-refractivity contribution < 1.29 is 9.59 Å². The van der Waals surface area contributed by atoms with Crippen LogP contribution < -0.4 is 5.32 Å². The number of nitrogens with one attached hydrogen (secondary N) is 1. The molecule has 2 amide bonds. The number of likely N-dealkylation sites (tertiary alicyclic amines) is 1. The lowest BCUT2D eigenvalue weighted by Gasteiger charge is -2.33. The second-order valence-corrected chi connectivity index (χ2v) is 6.22. The first-order valence-corrected chi connectivity index (χ1v) is 7.59. The molecule has 0 bridgehead atoms. The van der Waals surface area contributed by atoms with E-state index in [4.69, 9.17) is 0 Å². The van der Waals surface area contributed by atoms with Gasteiger partial charge >= 0.3 is 0 Å². The van der Waals surface area contributed by atoms with Crippen LogP contribution in [0.25, 0.3) is 0 Å². The van der Waals surface area contributed by atoms with Crippen LogP contribution in [0.3, 0.4) is 0 Å². The van der Waals surface area contributed by atoms with Crippen molar-refractivity contribution in [1.29, 1.82) is 0 Å². The van der Waals surface area contributed by atoms with Crippen LogP contribution in [0.1, 0.15) is 37.7 Å². The fraction of sp³-hybridized carbons (Fsp3) is 0.667. The van der Waals surface area contributed by atoms with Gasteiger partial charge in [-0.15, -0.1) is 0 Å². The van der Waals surface area contributed by atoms with Crippen LogP contribution >= 0.6 is 0 Å². The van der Waals surface area contributed by atoms with Gasteiger partial charge in [-0.1, -0.05) is 0 Å². The van der Waals surface area contributed by atoms with Gasteiger partial charge in [-0.05, 0) is 30.7 Å². The molecule has 6 nitrogen and oxygen atoms in total. The number of carbonyl (C=O) groups excluding carboxylic acids is 2. The van der Waals surface area contributed by atoms with E-state index in [0.29, 0.717) is 12.5 Å². The zero-order valence-electron chi connectivity index (χ0n) is 12.6. The van der Waals surface area contributed by atoms with Gasteiger partial charge < -0.3 is 10.2 Å². The Kier molecular flexibility index (Phi) is 3.69. The van der Waals surface area contributed by atoms with Crippen LogP contribution in [0.2, 0.25) is 0 Å². The van der Waals surface area contributed by atoms with Crippen molar-refractivity contribution in [3.8, 4) is 0 Å². The molecule has 21 heavy (non-hydrogen) atoms. The van der Waals surface area contributed by atoms with Crippen molar-refractivity contribution >= 4 is 11.8 Å². The van der Waals surface area contributed by atoms with Crippen LogP contribution in [0, 0.1) is 5.92 Å². The number of rotatable bonds is 3. The first kappa shape index (κ1) is 14.1. The second-order valence-electron chi connectivity index (χ2n) is 6.22. The Labute approximate surface area is 124 Å². The van der Waals surface area contributed by atoms with E-state index in [1.165, 1.54) is 6.92 Å². The van der Waals surface area contributed by atoms with Crippen molar-refractivity contribution in [3.05, 3.63) is 18.0 Å². The summed E-state index contributed by atoms with van der Waals surface area (Å²) in [5.74, 6) is 0.644. The van der Waals surface area contributed by atoms with E-state index in [0.717, 1.165) is 31.4 Å². The summed E-state index contributed by atoms with van der Waals surface area (Å²) in [6.07, 6.45) is 6.69. The third-order valence-corrected chi connectivity index (χ3v) is 4.40. The third-order valence-electron chi connectivity index (χ3n) is 4.40. The molecule has 2 aliphatic rings. The molecule has 2 fully saturated rings. The standard InChI is InChI=1S/C15H22N4O2/c1-10(20)17-12-4-3-5-19(9-12)15(21)14-6-13(14)11-7-16-18(2)8-11/h7-8,12-14H,3-6,9H2,1-2H3,(H,17,20). The second kappa shape index (κ2) is 5.50. The molecule has 0 radical (unpaired) electrons. The van der Waals surface area contributed by atoms with E-state index in [9.17, 15) is 9.59 Å². The summed E-state index contributed by atoms with van der Waals surface area (Å²) in [4.78, 5) is 25.6. The summed E-state index contributed by atoms with van der Waals surface area (Å²) in [5.41, 5.74) is 1.16. The number of piperidine rings is 1. The number of aryl methyl sites for hydroxylation is 1. The molecule has 1 N–H and O–H groups in total. The fourth-order valence-electron chi connectivity index (χ4n) is 3.29. The molecule has 1 saturated heterocycles. The van der Waals surface area contributed by atoms with Crippen LogP contribution in [0.4, 0.5) is 0 Å². The predicted octanol–water partition coefficient (Wildman–Crippen LogP) is 0.651. The van der Waals surface area contributed by atoms with Gasteiger partial charge in [-0.25, -0.2) is 0 Å². The molecule has 2 heterocycles. The monoisotopic (exact) mass is 290 g/mol. The zero-order chi connectivity index (χ0) is 15.0. The van der Waals surface area contributed by atoms with Crippen molar-refractivity contribution in [2.45, 2.75) is 38.1 Å². The molecule has 0 spiro atoms. The fourth-order valence-corrected chi connectivity index (χ4v) is 3.29. The highest BCUT2D eigenvalue weighted by Gasteiger charge is 2.46. The minimum absolute atomic E-state index is 0.0195. The molecular weight excluding hydrogens is 268 g/mol. The number of carbonyl (C=O) groups is 2. The van der Waals surface area contributed by atoms with E-state index in [1.807, 2.05) is 24.3 Å². The lowest BCUT2D eigenvalue weighted by Crippen LogP contribution is -2.49. The van der Waals surface area contributed by atoms with Crippen molar-refractivity contribution in [3.63, 3.8) is 0 Å². The molecule has 1 aromatic heterocycles. The number of amides is 2. The summed E-state index contributed by atoms with van der Waals surface area (Å²) in [5, 5.41) is 7.10. The lowest BCUT2D eigenvalue weighted by atomic mass is 10.0. The van der Waals surface area contributed by atoms with Gasteiger partial charge in [0.25, 0.3) is 0 Å².